The highest BCUT2D eigenvalue weighted by atomic mass is 35.5. The Morgan fingerprint density at radius 3 is 2.88 bits per heavy atom. The molecule has 0 amide bonds. The van der Waals surface area contributed by atoms with E-state index in [0.29, 0.717) is 22.2 Å². The second-order valence-electron chi connectivity index (χ2n) is 6.73. The predicted molar refractivity (Wildman–Crippen MR) is 96.7 cm³/mol. The van der Waals surface area contributed by atoms with Gasteiger partial charge in [0.2, 0.25) is 5.95 Å². The summed E-state index contributed by atoms with van der Waals surface area (Å²) in [4.78, 5) is 13.0. The van der Waals surface area contributed by atoms with Crippen molar-refractivity contribution in [3.8, 4) is 0 Å². The molecule has 4 rings (SSSR count). The third-order valence-corrected chi connectivity index (χ3v) is 5.16. The Morgan fingerprint density at radius 1 is 1.31 bits per heavy atom. The second-order valence-corrected chi connectivity index (χ2v) is 7.17. The van der Waals surface area contributed by atoms with Crippen LogP contribution in [0.4, 0.5) is 5.95 Å². The molecule has 2 aromatic rings. The number of nitrogens with zero attached hydrogens (tertiary/aromatic N) is 4. The lowest BCUT2D eigenvalue weighted by Crippen LogP contribution is -2.32. The Kier molecular flexibility index (Phi) is 4.63. The standard InChI is InChI=1S/C18H20ClN5O2/c1-11-15(17(25)26-14-8-3-2-4-9-14)16(12-6-5-7-13(19)10-12)24-18(20-11)21-22-23-24/h5-7,10,14,16H,2-4,8-9H2,1H3,(H,20,21,23)/t16-/m1/s1. The maximum atomic E-state index is 13.0. The Bertz CT molecular complexity index is 857. The molecule has 0 bridgehead atoms. The zero-order valence-electron chi connectivity index (χ0n) is 14.5. The molecule has 7 nitrogen and oxygen atoms in total. The van der Waals surface area contributed by atoms with Crippen molar-refractivity contribution in [2.75, 3.05) is 5.32 Å². The van der Waals surface area contributed by atoms with E-state index in [0.717, 1.165) is 31.2 Å². The fourth-order valence-electron chi connectivity index (χ4n) is 3.66. The summed E-state index contributed by atoms with van der Waals surface area (Å²) in [6, 6.07) is 6.90. The fourth-order valence-corrected chi connectivity index (χ4v) is 3.86. The molecule has 1 aromatic heterocycles. The Hall–Kier alpha value is -2.41. The molecule has 8 heteroatoms. The molecule has 2 heterocycles. The number of halogens is 1. The molecule has 26 heavy (non-hydrogen) atoms. The summed E-state index contributed by atoms with van der Waals surface area (Å²) in [6.07, 6.45) is 5.22. The number of anilines is 1. The second kappa shape index (κ2) is 7.07. The number of hydrogen-bond acceptors (Lipinski definition) is 6. The highest BCUT2D eigenvalue weighted by molar-refractivity contribution is 6.30. The molecular formula is C18H20ClN5O2. The van der Waals surface area contributed by atoms with E-state index in [1.165, 1.54) is 6.42 Å². The number of benzene rings is 1. The number of nitrogens with one attached hydrogen (secondary N) is 1. The number of allylic oxidation sites excluding steroid dienone is 1. The molecule has 0 radical (unpaired) electrons. The normalized spacial score (nSPS) is 20.5. The smallest absolute Gasteiger partial charge is 0.338 e. The third kappa shape index (κ3) is 3.19. The van der Waals surface area contributed by atoms with Gasteiger partial charge in [-0.05, 0) is 60.7 Å². The molecule has 1 saturated carbocycles. The molecule has 0 unspecified atom stereocenters. The first-order valence-electron chi connectivity index (χ1n) is 8.85. The van der Waals surface area contributed by atoms with Crippen LogP contribution in [0.2, 0.25) is 5.02 Å². The Labute approximate surface area is 156 Å². The fraction of sp³-hybridized carbons (Fsp3) is 0.444. The molecule has 1 N–H and O–H groups in total. The number of fused-ring (bicyclic) bond motifs is 1. The van der Waals surface area contributed by atoms with Crippen molar-refractivity contribution in [3.63, 3.8) is 0 Å². The maximum absolute atomic E-state index is 13.0. The van der Waals surface area contributed by atoms with Crippen LogP contribution in [-0.2, 0) is 9.53 Å². The van der Waals surface area contributed by atoms with Crippen molar-refractivity contribution >= 4 is 23.5 Å². The number of carbonyl (C=O) groups excluding carboxylic acids is 1. The molecule has 0 saturated heterocycles. The first-order valence-corrected chi connectivity index (χ1v) is 9.23. The molecule has 1 aliphatic carbocycles. The summed E-state index contributed by atoms with van der Waals surface area (Å²) in [5.41, 5.74) is 2.04. The van der Waals surface area contributed by atoms with Crippen LogP contribution in [0.15, 0.2) is 35.5 Å². The summed E-state index contributed by atoms with van der Waals surface area (Å²) < 4.78 is 7.42. The van der Waals surface area contributed by atoms with Crippen molar-refractivity contribution < 1.29 is 9.53 Å². The minimum absolute atomic E-state index is 0.0215. The van der Waals surface area contributed by atoms with E-state index in [1.54, 1.807) is 10.7 Å². The molecular weight excluding hydrogens is 354 g/mol. The zero-order valence-corrected chi connectivity index (χ0v) is 15.2. The topological polar surface area (TPSA) is 81.9 Å². The lowest BCUT2D eigenvalue weighted by Gasteiger charge is -2.29. The number of aromatic nitrogens is 4. The summed E-state index contributed by atoms with van der Waals surface area (Å²) in [5, 5.41) is 15.5. The van der Waals surface area contributed by atoms with E-state index >= 15 is 0 Å². The maximum Gasteiger partial charge on any atom is 0.338 e. The molecule has 0 spiro atoms. The summed E-state index contributed by atoms with van der Waals surface area (Å²) in [5.74, 6) is 0.162. The minimum atomic E-state index is -0.476. The van der Waals surface area contributed by atoms with E-state index in [4.69, 9.17) is 16.3 Å². The van der Waals surface area contributed by atoms with E-state index in [9.17, 15) is 4.79 Å². The van der Waals surface area contributed by atoms with Gasteiger partial charge >= 0.3 is 5.97 Å². The van der Waals surface area contributed by atoms with Gasteiger partial charge in [0.15, 0.2) is 0 Å². The van der Waals surface area contributed by atoms with E-state index in [1.807, 2.05) is 25.1 Å². The molecule has 2 aliphatic rings. The van der Waals surface area contributed by atoms with Gasteiger partial charge in [0.25, 0.3) is 0 Å². The van der Waals surface area contributed by atoms with Crippen LogP contribution in [0, 0.1) is 0 Å². The third-order valence-electron chi connectivity index (χ3n) is 4.92. The van der Waals surface area contributed by atoms with E-state index < -0.39 is 6.04 Å². The molecule has 1 aliphatic heterocycles. The van der Waals surface area contributed by atoms with Gasteiger partial charge in [-0.1, -0.05) is 35.3 Å². The average Bonchev–Trinajstić information content (AvgIpc) is 3.09. The largest absolute Gasteiger partial charge is 0.459 e. The van der Waals surface area contributed by atoms with Crippen LogP contribution in [0.25, 0.3) is 0 Å². The lowest BCUT2D eigenvalue weighted by atomic mass is 9.95. The van der Waals surface area contributed by atoms with E-state index in [-0.39, 0.29) is 12.1 Å². The van der Waals surface area contributed by atoms with Crippen molar-refractivity contribution in [3.05, 3.63) is 46.1 Å². The predicted octanol–water partition coefficient (Wildman–Crippen LogP) is 3.49. The SMILES string of the molecule is CC1=C(C(=O)OC2CCCCC2)[C@@H](c2cccc(Cl)c2)n2nnnc2N1. The van der Waals surface area contributed by atoms with Gasteiger partial charge in [0.1, 0.15) is 12.1 Å². The lowest BCUT2D eigenvalue weighted by molar-refractivity contribution is -0.146. The minimum Gasteiger partial charge on any atom is -0.459 e. The van der Waals surface area contributed by atoms with Crippen LogP contribution in [-0.4, -0.2) is 32.3 Å². The number of carbonyl (C=O) groups is 1. The molecule has 1 atom stereocenters. The Balaban J connectivity index is 1.71. The van der Waals surface area contributed by atoms with Gasteiger partial charge in [-0.25, -0.2) is 4.79 Å². The van der Waals surface area contributed by atoms with Crippen LogP contribution in [0.3, 0.4) is 0 Å². The van der Waals surface area contributed by atoms with Gasteiger partial charge in [-0.15, -0.1) is 0 Å². The number of ether oxygens (including phenoxy) is 1. The van der Waals surface area contributed by atoms with Gasteiger partial charge < -0.3 is 10.1 Å². The highest BCUT2D eigenvalue weighted by Crippen LogP contribution is 2.36. The van der Waals surface area contributed by atoms with Crippen LogP contribution in [0.5, 0.6) is 0 Å². The van der Waals surface area contributed by atoms with Crippen molar-refractivity contribution in [2.24, 2.45) is 0 Å². The zero-order chi connectivity index (χ0) is 18.1. The van der Waals surface area contributed by atoms with Gasteiger partial charge in [0.05, 0.1) is 5.57 Å². The molecule has 1 fully saturated rings. The molecule has 136 valence electrons. The first-order chi connectivity index (χ1) is 12.6. The summed E-state index contributed by atoms with van der Waals surface area (Å²) >= 11 is 6.18. The van der Waals surface area contributed by atoms with Crippen LogP contribution in [0.1, 0.15) is 50.6 Å². The molecule has 1 aromatic carbocycles. The van der Waals surface area contributed by atoms with Crippen LogP contribution < -0.4 is 5.32 Å². The quantitative estimate of drug-likeness (QED) is 0.829. The Morgan fingerprint density at radius 2 is 2.12 bits per heavy atom. The monoisotopic (exact) mass is 373 g/mol. The van der Waals surface area contributed by atoms with Crippen molar-refractivity contribution in [1.29, 1.82) is 0 Å². The van der Waals surface area contributed by atoms with Gasteiger partial charge in [0, 0.05) is 10.7 Å². The van der Waals surface area contributed by atoms with Crippen molar-refractivity contribution in [2.45, 2.75) is 51.2 Å². The number of rotatable bonds is 3. The van der Waals surface area contributed by atoms with E-state index in [2.05, 4.69) is 20.8 Å². The summed E-state index contributed by atoms with van der Waals surface area (Å²) in [7, 11) is 0. The van der Waals surface area contributed by atoms with Gasteiger partial charge in [-0.2, -0.15) is 4.68 Å². The average molecular weight is 374 g/mol. The number of esters is 1. The number of hydrogen-bond donors (Lipinski definition) is 1. The van der Waals surface area contributed by atoms with Gasteiger partial charge in [-0.3, -0.25) is 0 Å². The number of tetrazole rings is 1. The van der Waals surface area contributed by atoms with Crippen LogP contribution >= 0.6 is 11.6 Å². The first kappa shape index (κ1) is 17.0. The van der Waals surface area contributed by atoms with Crippen molar-refractivity contribution in [1.82, 2.24) is 20.2 Å². The summed E-state index contributed by atoms with van der Waals surface area (Å²) in [6.45, 7) is 1.84. The highest BCUT2D eigenvalue weighted by Gasteiger charge is 2.36.